The largest absolute Gasteiger partial charge is 0.435 e. The number of anilines is 1. The molecule has 1 unspecified atom stereocenters. The van der Waals surface area contributed by atoms with Crippen LogP contribution in [0.4, 0.5) is 14.5 Å². The number of likely N-dealkylation sites (tertiary alicyclic amines) is 1. The van der Waals surface area contributed by atoms with Gasteiger partial charge in [-0.05, 0) is 36.2 Å². The molecule has 1 saturated heterocycles. The lowest BCUT2D eigenvalue weighted by atomic mass is 10.1. The van der Waals surface area contributed by atoms with Crippen molar-refractivity contribution in [3.63, 3.8) is 0 Å². The van der Waals surface area contributed by atoms with E-state index < -0.39 is 12.5 Å². The number of amides is 2. The fourth-order valence-corrected chi connectivity index (χ4v) is 3.04. The molecule has 1 aliphatic heterocycles. The maximum atomic E-state index is 12.4. The normalized spacial score (nSPS) is 16.6. The number of benzene rings is 2. The Morgan fingerprint density at radius 1 is 1.15 bits per heavy atom. The maximum absolute atomic E-state index is 12.4. The highest BCUT2D eigenvalue weighted by Crippen LogP contribution is 2.22. The average molecular weight is 374 g/mol. The highest BCUT2D eigenvalue weighted by atomic mass is 19.3. The first-order valence-electron chi connectivity index (χ1n) is 8.68. The molecule has 0 spiro atoms. The molecule has 2 aromatic carbocycles. The van der Waals surface area contributed by atoms with E-state index in [0.717, 1.165) is 12.0 Å². The molecule has 3 rings (SSSR count). The predicted octanol–water partition coefficient (Wildman–Crippen LogP) is 3.32. The van der Waals surface area contributed by atoms with Crippen molar-refractivity contribution in [2.45, 2.75) is 19.5 Å². The number of alkyl halides is 2. The van der Waals surface area contributed by atoms with Gasteiger partial charge in [-0.25, -0.2) is 0 Å². The highest BCUT2D eigenvalue weighted by molar-refractivity contribution is 5.97. The summed E-state index contributed by atoms with van der Waals surface area (Å²) in [5.41, 5.74) is 1.61. The van der Waals surface area contributed by atoms with E-state index in [0.29, 0.717) is 18.8 Å². The summed E-state index contributed by atoms with van der Waals surface area (Å²) in [6.45, 7) is -1.94. The second-order valence-electron chi connectivity index (χ2n) is 6.37. The third-order valence-corrected chi connectivity index (χ3v) is 4.45. The Bertz CT molecular complexity index is 782. The lowest BCUT2D eigenvalue weighted by Crippen LogP contribution is -2.30. The zero-order valence-corrected chi connectivity index (χ0v) is 14.6. The number of carbonyl (C=O) groups is 2. The first-order chi connectivity index (χ1) is 13.0. The van der Waals surface area contributed by atoms with Crippen LogP contribution in [-0.2, 0) is 16.0 Å². The van der Waals surface area contributed by atoms with Crippen LogP contribution in [0.3, 0.4) is 0 Å². The SMILES string of the molecule is O=C(Nc1ccc(OC(F)F)cc1)C1CC(=O)N(CCc2ccccc2)C1. The Morgan fingerprint density at radius 3 is 2.52 bits per heavy atom. The Balaban J connectivity index is 1.51. The molecule has 5 nitrogen and oxygen atoms in total. The first-order valence-corrected chi connectivity index (χ1v) is 8.68. The Hall–Kier alpha value is -2.96. The minimum atomic E-state index is -2.89. The van der Waals surface area contributed by atoms with Crippen molar-refractivity contribution in [3.8, 4) is 5.75 Å². The number of hydrogen-bond acceptors (Lipinski definition) is 3. The van der Waals surface area contributed by atoms with Crippen LogP contribution in [-0.4, -0.2) is 36.4 Å². The van der Waals surface area contributed by atoms with Gasteiger partial charge in [-0.15, -0.1) is 0 Å². The van der Waals surface area contributed by atoms with E-state index >= 15 is 0 Å². The van der Waals surface area contributed by atoms with E-state index in [1.54, 1.807) is 4.90 Å². The van der Waals surface area contributed by atoms with Gasteiger partial charge in [0.2, 0.25) is 11.8 Å². The van der Waals surface area contributed by atoms with Gasteiger partial charge < -0.3 is 15.0 Å². The minimum Gasteiger partial charge on any atom is -0.435 e. The van der Waals surface area contributed by atoms with Gasteiger partial charge >= 0.3 is 6.61 Å². The third-order valence-electron chi connectivity index (χ3n) is 4.45. The summed E-state index contributed by atoms with van der Waals surface area (Å²) >= 11 is 0. The average Bonchev–Trinajstić information content (AvgIpc) is 3.03. The second kappa shape index (κ2) is 8.62. The second-order valence-corrected chi connectivity index (χ2v) is 6.37. The lowest BCUT2D eigenvalue weighted by Gasteiger charge is -2.16. The van der Waals surface area contributed by atoms with Crippen LogP contribution in [0.25, 0.3) is 0 Å². The quantitative estimate of drug-likeness (QED) is 0.809. The molecule has 7 heteroatoms. The van der Waals surface area contributed by atoms with Crippen LogP contribution in [0, 0.1) is 5.92 Å². The van der Waals surface area contributed by atoms with E-state index in [-0.39, 0.29) is 24.0 Å². The van der Waals surface area contributed by atoms with Crippen LogP contribution in [0.5, 0.6) is 5.75 Å². The zero-order chi connectivity index (χ0) is 19.2. The minimum absolute atomic E-state index is 0.0196. The van der Waals surface area contributed by atoms with Crippen LogP contribution >= 0.6 is 0 Å². The first kappa shape index (κ1) is 18.8. The van der Waals surface area contributed by atoms with Crippen molar-refractivity contribution < 1.29 is 23.1 Å². The standard InChI is InChI=1S/C20H20F2N2O3/c21-20(22)27-17-8-6-16(7-9-17)23-19(26)15-12-18(25)24(13-15)11-10-14-4-2-1-3-5-14/h1-9,15,20H,10-13H2,(H,23,26). The molecular formula is C20H20F2N2O3. The van der Waals surface area contributed by atoms with Crippen molar-refractivity contribution in [1.82, 2.24) is 4.90 Å². The fourth-order valence-electron chi connectivity index (χ4n) is 3.04. The van der Waals surface area contributed by atoms with Gasteiger partial charge in [0, 0.05) is 25.2 Å². The Kier molecular flexibility index (Phi) is 6.01. The van der Waals surface area contributed by atoms with Gasteiger partial charge in [-0.1, -0.05) is 30.3 Å². The van der Waals surface area contributed by atoms with Crippen molar-refractivity contribution in [2.24, 2.45) is 5.92 Å². The number of hydrogen-bond donors (Lipinski definition) is 1. The van der Waals surface area contributed by atoms with Crippen LogP contribution in [0.15, 0.2) is 54.6 Å². The summed E-state index contributed by atoms with van der Waals surface area (Å²) in [5.74, 6) is -0.698. The monoisotopic (exact) mass is 374 g/mol. The number of ether oxygens (including phenoxy) is 1. The molecule has 2 amide bonds. The summed E-state index contributed by atoms with van der Waals surface area (Å²) in [6, 6.07) is 15.5. The molecular weight excluding hydrogens is 354 g/mol. The van der Waals surface area contributed by atoms with Gasteiger partial charge in [0.05, 0.1) is 5.92 Å². The molecule has 0 aromatic heterocycles. The molecule has 1 fully saturated rings. The van der Waals surface area contributed by atoms with Gasteiger partial charge in [0.25, 0.3) is 0 Å². The predicted molar refractivity (Wildman–Crippen MR) is 96.5 cm³/mol. The molecule has 27 heavy (non-hydrogen) atoms. The summed E-state index contributed by atoms with van der Waals surface area (Å²) in [5, 5.41) is 2.72. The van der Waals surface area contributed by atoms with Crippen LogP contribution < -0.4 is 10.1 Å². The molecule has 2 aromatic rings. The van der Waals surface area contributed by atoms with Gasteiger partial charge in [0.1, 0.15) is 5.75 Å². The Labute approximate surface area is 155 Å². The van der Waals surface area contributed by atoms with E-state index in [1.807, 2.05) is 30.3 Å². The van der Waals surface area contributed by atoms with Gasteiger partial charge in [0.15, 0.2) is 0 Å². The summed E-state index contributed by atoms with van der Waals surface area (Å²) < 4.78 is 28.6. The van der Waals surface area contributed by atoms with Crippen LogP contribution in [0.1, 0.15) is 12.0 Å². The van der Waals surface area contributed by atoms with Gasteiger partial charge in [-0.2, -0.15) is 8.78 Å². The molecule has 1 N–H and O–H groups in total. The molecule has 1 heterocycles. The fraction of sp³-hybridized carbons (Fsp3) is 0.300. The van der Waals surface area contributed by atoms with E-state index in [4.69, 9.17) is 0 Å². The number of nitrogens with one attached hydrogen (secondary N) is 1. The van der Waals surface area contributed by atoms with E-state index in [9.17, 15) is 18.4 Å². The van der Waals surface area contributed by atoms with Crippen molar-refractivity contribution >= 4 is 17.5 Å². The number of halogens is 2. The number of nitrogens with zero attached hydrogens (tertiary/aromatic N) is 1. The molecule has 1 aliphatic rings. The number of carbonyl (C=O) groups excluding carboxylic acids is 2. The summed E-state index contributed by atoms with van der Waals surface area (Å²) in [4.78, 5) is 26.3. The third kappa shape index (κ3) is 5.26. The summed E-state index contributed by atoms with van der Waals surface area (Å²) in [6.07, 6.45) is 0.916. The van der Waals surface area contributed by atoms with Crippen molar-refractivity contribution in [3.05, 3.63) is 60.2 Å². The topological polar surface area (TPSA) is 58.6 Å². The summed E-state index contributed by atoms with van der Waals surface area (Å²) in [7, 11) is 0. The van der Waals surface area contributed by atoms with E-state index in [1.165, 1.54) is 24.3 Å². The number of rotatable bonds is 7. The maximum Gasteiger partial charge on any atom is 0.387 e. The van der Waals surface area contributed by atoms with E-state index in [2.05, 4.69) is 10.1 Å². The molecule has 0 saturated carbocycles. The zero-order valence-electron chi connectivity index (χ0n) is 14.6. The highest BCUT2D eigenvalue weighted by Gasteiger charge is 2.34. The lowest BCUT2D eigenvalue weighted by molar-refractivity contribution is -0.128. The van der Waals surface area contributed by atoms with Gasteiger partial charge in [-0.3, -0.25) is 9.59 Å². The molecule has 0 radical (unpaired) electrons. The molecule has 0 aliphatic carbocycles. The molecule has 0 bridgehead atoms. The molecule has 1 atom stereocenters. The molecule has 142 valence electrons. The smallest absolute Gasteiger partial charge is 0.387 e. The van der Waals surface area contributed by atoms with Crippen molar-refractivity contribution in [1.29, 1.82) is 0 Å². The van der Waals surface area contributed by atoms with Crippen LogP contribution in [0.2, 0.25) is 0 Å². The Morgan fingerprint density at radius 2 is 1.85 bits per heavy atom. The van der Waals surface area contributed by atoms with Crippen molar-refractivity contribution in [2.75, 3.05) is 18.4 Å².